The SMILES string of the molecule is [2H]C1=C(C(=O)O)C([2H])=C2C(=O)c3c([2H])c([2H])c([2H])c(O)c3C(O)=C2C1=O. The monoisotopic (exact) mass is 289 g/mol. The predicted octanol–water partition coefficient (Wildman–Crippen LogP) is 1.38. The van der Waals surface area contributed by atoms with Crippen LogP contribution in [0.2, 0.25) is 0 Å². The maximum absolute atomic E-state index is 12.7. The molecule has 0 amide bonds. The zero-order chi connectivity index (χ0) is 19.7. The molecule has 0 unspecified atom stereocenters. The number of allylic oxidation sites excluding steroid dienone is 3. The molecule has 21 heavy (non-hydrogen) atoms. The summed E-state index contributed by atoms with van der Waals surface area (Å²) in [5.74, 6) is -6.45. The molecule has 0 saturated heterocycles. The highest BCUT2D eigenvalue weighted by Crippen LogP contribution is 2.40. The van der Waals surface area contributed by atoms with E-state index in [4.69, 9.17) is 12.0 Å². The molecular weight excluding hydrogens is 276 g/mol. The van der Waals surface area contributed by atoms with Crippen LogP contribution in [0.1, 0.15) is 22.8 Å². The summed E-state index contributed by atoms with van der Waals surface area (Å²) in [6.45, 7) is 0. The number of phenolic OH excluding ortho intramolecular Hbond substituents is 1. The van der Waals surface area contributed by atoms with Gasteiger partial charge in [0.15, 0.2) is 11.6 Å². The summed E-state index contributed by atoms with van der Waals surface area (Å²) in [4.78, 5) is 36.3. The van der Waals surface area contributed by atoms with E-state index >= 15 is 0 Å². The second-order valence-electron chi connectivity index (χ2n) is 4.16. The van der Waals surface area contributed by atoms with Crippen molar-refractivity contribution in [3.05, 3.63) is 58.1 Å². The fourth-order valence-electron chi connectivity index (χ4n) is 2.06. The third-order valence-electron chi connectivity index (χ3n) is 2.96. The number of phenols is 1. The lowest BCUT2D eigenvalue weighted by molar-refractivity contribution is -0.132. The molecule has 1 aromatic carbocycles. The zero-order valence-electron chi connectivity index (χ0n) is 15.1. The number of aliphatic hydroxyl groups is 1. The number of benzene rings is 1. The van der Waals surface area contributed by atoms with Crippen LogP contribution < -0.4 is 0 Å². The lowest BCUT2D eigenvalue weighted by atomic mass is 9.80. The third kappa shape index (κ3) is 1.69. The van der Waals surface area contributed by atoms with E-state index in [1.807, 2.05) is 0 Å². The van der Waals surface area contributed by atoms with Gasteiger partial charge in [-0.25, -0.2) is 4.79 Å². The van der Waals surface area contributed by atoms with Crippen LogP contribution >= 0.6 is 0 Å². The number of fused-ring (bicyclic) bond motifs is 2. The number of carboxylic acid groups (broad SMARTS) is 1. The number of aliphatic carboxylic acids is 1. The smallest absolute Gasteiger partial charge is 0.335 e. The lowest BCUT2D eigenvalue weighted by Gasteiger charge is -2.22. The van der Waals surface area contributed by atoms with Crippen LogP contribution in [0.15, 0.2) is 47.0 Å². The molecule has 2 aliphatic carbocycles. The van der Waals surface area contributed by atoms with Gasteiger partial charge < -0.3 is 15.3 Å². The Kier molecular flexibility index (Phi) is 1.63. The molecule has 0 radical (unpaired) electrons. The van der Waals surface area contributed by atoms with E-state index in [0.717, 1.165) is 0 Å². The number of carboxylic acids is 1. The van der Waals surface area contributed by atoms with Crippen LogP contribution in [0, 0.1) is 0 Å². The molecule has 0 fully saturated rings. The molecule has 0 aliphatic heterocycles. The highest BCUT2D eigenvalue weighted by atomic mass is 16.4. The average molecular weight is 289 g/mol. The van der Waals surface area contributed by atoms with Crippen molar-refractivity contribution in [1.82, 2.24) is 0 Å². The molecule has 1 aromatic rings. The number of hydrogen-bond donors (Lipinski definition) is 3. The van der Waals surface area contributed by atoms with Gasteiger partial charge in [-0.15, -0.1) is 0 Å². The molecule has 0 aromatic heterocycles. The number of aliphatic hydroxyl groups excluding tert-OH is 1. The molecule has 3 N–H and O–H groups in total. The van der Waals surface area contributed by atoms with Crippen LogP contribution in [0.4, 0.5) is 0 Å². The molecule has 0 bridgehead atoms. The summed E-state index contributed by atoms with van der Waals surface area (Å²) in [6.07, 6.45) is 0. The van der Waals surface area contributed by atoms with Crippen LogP contribution in [0.5, 0.6) is 5.75 Å². The molecule has 3 rings (SSSR count). The Morgan fingerprint density at radius 1 is 1.14 bits per heavy atom. The quantitative estimate of drug-likeness (QED) is 0.720. The molecule has 0 saturated carbocycles. The molecular formula is C15H8O6. The van der Waals surface area contributed by atoms with Gasteiger partial charge in [-0.05, 0) is 12.1 Å². The Morgan fingerprint density at radius 3 is 2.52 bits per heavy atom. The zero-order valence-corrected chi connectivity index (χ0v) is 10.1. The minimum atomic E-state index is -1.80. The first kappa shape index (κ1) is 8.21. The highest BCUT2D eigenvalue weighted by Gasteiger charge is 2.36. The van der Waals surface area contributed by atoms with Gasteiger partial charge in [-0.2, -0.15) is 0 Å². The van der Waals surface area contributed by atoms with E-state index in [1.54, 1.807) is 0 Å². The van der Waals surface area contributed by atoms with Crippen molar-refractivity contribution in [3.8, 4) is 5.75 Å². The fraction of sp³-hybridized carbons (Fsp3) is 0. The molecule has 104 valence electrons. The van der Waals surface area contributed by atoms with Gasteiger partial charge in [0.25, 0.3) is 0 Å². The van der Waals surface area contributed by atoms with Crippen LogP contribution in [-0.2, 0) is 9.59 Å². The number of Topliss-reactive ketones (excluding diaryl/α,β-unsaturated/α-hetero) is 1. The van der Waals surface area contributed by atoms with E-state index in [9.17, 15) is 24.6 Å². The lowest BCUT2D eigenvalue weighted by Crippen LogP contribution is -2.23. The highest BCUT2D eigenvalue weighted by molar-refractivity contribution is 6.30. The standard InChI is InChI=1S/C15H8O6/c16-9-3-1-2-7-11(9)14(19)12-8(13(7)18)4-6(15(20)21)5-10(12)17/h1-5,16,19H,(H,20,21)/i1D,2D,3D,4D,5D. The number of ketones is 2. The van der Waals surface area contributed by atoms with Crippen LogP contribution in [-0.4, -0.2) is 32.9 Å². The van der Waals surface area contributed by atoms with Crippen molar-refractivity contribution in [2.24, 2.45) is 0 Å². The largest absolute Gasteiger partial charge is 0.507 e. The number of aromatic hydroxyl groups is 1. The summed E-state index contributed by atoms with van der Waals surface area (Å²) in [5, 5.41) is 29.5. The van der Waals surface area contributed by atoms with Crippen molar-refractivity contribution in [2.75, 3.05) is 0 Å². The van der Waals surface area contributed by atoms with Gasteiger partial charge in [-0.3, -0.25) is 9.59 Å². The first-order valence-electron chi connectivity index (χ1n) is 8.03. The molecule has 0 spiro atoms. The molecule has 0 heterocycles. The van der Waals surface area contributed by atoms with Crippen molar-refractivity contribution in [3.63, 3.8) is 0 Å². The Bertz CT molecular complexity index is 1060. The maximum atomic E-state index is 12.7. The Labute approximate surface area is 125 Å². The first-order chi connectivity index (χ1) is 12.0. The summed E-state index contributed by atoms with van der Waals surface area (Å²) in [6, 6.07) is -4.64. The van der Waals surface area contributed by atoms with Gasteiger partial charge in [0.1, 0.15) is 11.5 Å². The first-order valence-corrected chi connectivity index (χ1v) is 5.53. The summed E-state index contributed by atoms with van der Waals surface area (Å²) in [7, 11) is 0. The number of carbonyl (C=O) groups excluding carboxylic acids is 2. The van der Waals surface area contributed by atoms with E-state index in [2.05, 4.69) is 0 Å². The van der Waals surface area contributed by atoms with Crippen molar-refractivity contribution in [1.29, 1.82) is 0 Å². The summed E-state index contributed by atoms with van der Waals surface area (Å²) < 4.78 is 38.5. The van der Waals surface area contributed by atoms with E-state index < -0.39 is 87.1 Å². The van der Waals surface area contributed by atoms with Crippen molar-refractivity contribution < 1.29 is 36.6 Å². The summed E-state index contributed by atoms with van der Waals surface area (Å²) in [5.41, 5.74) is -4.19. The molecule has 6 nitrogen and oxygen atoms in total. The molecule has 6 heteroatoms. The average Bonchev–Trinajstić information content (AvgIpc) is 2.57. The normalized spacial score (nSPS) is 21.2. The van der Waals surface area contributed by atoms with Gasteiger partial charge in [0.2, 0.25) is 0 Å². The van der Waals surface area contributed by atoms with Crippen molar-refractivity contribution >= 4 is 23.3 Å². The maximum Gasteiger partial charge on any atom is 0.335 e. The Hall–Kier alpha value is -3.15. The Morgan fingerprint density at radius 2 is 1.86 bits per heavy atom. The minimum absolute atomic E-state index is 0.726. The second-order valence-corrected chi connectivity index (χ2v) is 4.16. The summed E-state index contributed by atoms with van der Waals surface area (Å²) >= 11 is 0. The van der Waals surface area contributed by atoms with Crippen molar-refractivity contribution in [2.45, 2.75) is 0 Å². The topological polar surface area (TPSA) is 112 Å². The molecule has 0 atom stereocenters. The predicted molar refractivity (Wildman–Crippen MR) is 70.8 cm³/mol. The van der Waals surface area contributed by atoms with Gasteiger partial charge >= 0.3 is 5.97 Å². The van der Waals surface area contributed by atoms with Gasteiger partial charge in [-0.1, -0.05) is 12.1 Å². The Balaban J connectivity index is 2.53. The van der Waals surface area contributed by atoms with E-state index in [0.29, 0.717) is 0 Å². The van der Waals surface area contributed by atoms with Crippen LogP contribution in [0.25, 0.3) is 5.76 Å². The van der Waals surface area contributed by atoms with Gasteiger partial charge in [0.05, 0.1) is 23.6 Å². The number of carbonyl (C=O) groups is 3. The molecule has 2 aliphatic rings. The van der Waals surface area contributed by atoms with E-state index in [-0.39, 0.29) is 0 Å². The fourth-order valence-corrected chi connectivity index (χ4v) is 2.06. The minimum Gasteiger partial charge on any atom is -0.507 e. The number of hydrogen-bond acceptors (Lipinski definition) is 5. The van der Waals surface area contributed by atoms with E-state index in [1.165, 1.54) is 0 Å². The van der Waals surface area contributed by atoms with Gasteiger partial charge in [0, 0.05) is 17.2 Å². The third-order valence-corrected chi connectivity index (χ3v) is 2.96. The van der Waals surface area contributed by atoms with Crippen LogP contribution in [0.3, 0.4) is 0 Å². The number of rotatable bonds is 1. The second kappa shape index (κ2) is 4.17.